The molecule has 1 heterocycles. The average Bonchev–Trinajstić information content (AvgIpc) is 2.71. The number of halogens is 1. The molecular formula is C13H16ClN3S. The van der Waals surface area contributed by atoms with Crippen LogP contribution in [-0.4, -0.2) is 9.78 Å². The zero-order valence-corrected chi connectivity index (χ0v) is 12.1. The summed E-state index contributed by atoms with van der Waals surface area (Å²) in [5.41, 5.74) is 8.81. The van der Waals surface area contributed by atoms with E-state index in [1.807, 2.05) is 29.9 Å². The van der Waals surface area contributed by atoms with Crippen LogP contribution in [0.15, 0.2) is 29.2 Å². The Balaban J connectivity index is 2.11. The van der Waals surface area contributed by atoms with Crippen LogP contribution in [0.25, 0.3) is 0 Å². The first-order valence-electron chi connectivity index (χ1n) is 5.79. The first-order valence-corrected chi connectivity index (χ1v) is 7.16. The third-order valence-electron chi connectivity index (χ3n) is 2.72. The molecule has 0 aliphatic carbocycles. The van der Waals surface area contributed by atoms with Gasteiger partial charge in [0.1, 0.15) is 0 Å². The van der Waals surface area contributed by atoms with Gasteiger partial charge in [-0.25, -0.2) is 0 Å². The van der Waals surface area contributed by atoms with Crippen molar-refractivity contribution >= 4 is 29.1 Å². The van der Waals surface area contributed by atoms with Crippen LogP contribution in [0.2, 0.25) is 5.02 Å². The van der Waals surface area contributed by atoms with Gasteiger partial charge in [0.25, 0.3) is 0 Å². The van der Waals surface area contributed by atoms with Gasteiger partial charge in [-0.2, -0.15) is 5.10 Å². The number of nitrogen functional groups attached to an aromatic ring is 1. The van der Waals surface area contributed by atoms with Crippen molar-refractivity contribution in [3.63, 3.8) is 0 Å². The molecule has 1 aromatic heterocycles. The summed E-state index contributed by atoms with van der Waals surface area (Å²) in [7, 11) is 1.97. The summed E-state index contributed by atoms with van der Waals surface area (Å²) in [5, 5.41) is 5.17. The largest absolute Gasteiger partial charge is 0.399 e. The molecule has 5 heteroatoms. The van der Waals surface area contributed by atoms with Crippen molar-refractivity contribution in [1.29, 1.82) is 0 Å². The Morgan fingerprint density at radius 1 is 1.39 bits per heavy atom. The Labute approximate surface area is 116 Å². The van der Waals surface area contributed by atoms with E-state index in [0.29, 0.717) is 0 Å². The second-order valence-electron chi connectivity index (χ2n) is 4.08. The SMILES string of the molecule is CCc1cc(CSc2cc(N)ccc2Cl)n(C)n1. The molecule has 18 heavy (non-hydrogen) atoms. The standard InChI is InChI=1S/C13H16ClN3S/c1-3-10-7-11(17(2)16-10)8-18-13-6-9(15)4-5-12(13)14/h4-7H,3,8,15H2,1-2H3. The van der Waals surface area contributed by atoms with Gasteiger partial charge >= 0.3 is 0 Å². The van der Waals surface area contributed by atoms with Gasteiger partial charge < -0.3 is 5.73 Å². The molecule has 0 atom stereocenters. The topological polar surface area (TPSA) is 43.8 Å². The van der Waals surface area contributed by atoms with Gasteiger partial charge in [-0.1, -0.05) is 18.5 Å². The normalized spacial score (nSPS) is 10.8. The smallest absolute Gasteiger partial charge is 0.0625 e. The number of rotatable bonds is 4. The molecular weight excluding hydrogens is 266 g/mol. The van der Waals surface area contributed by atoms with Crippen LogP contribution in [0, 0.1) is 0 Å². The number of aryl methyl sites for hydroxylation is 2. The molecule has 0 saturated heterocycles. The Hall–Kier alpha value is -1.13. The van der Waals surface area contributed by atoms with Gasteiger partial charge in [0, 0.05) is 29.1 Å². The summed E-state index contributed by atoms with van der Waals surface area (Å²) in [4.78, 5) is 1.01. The second kappa shape index (κ2) is 5.67. The number of hydrogen-bond acceptors (Lipinski definition) is 3. The lowest BCUT2D eigenvalue weighted by atomic mass is 10.3. The molecule has 0 unspecified atom stereocenters. The summed E-state index contributed by atoms with van der Waals surface area (Å²) in [6, 6.07) is 7.68. The fourth-order valence-electron chi connectivity index (χ4n) is 1.66. The van der Waals surface area contributed by atoms with Gasteiger partial charge in [0.15, 0.2) is 0 Å². The third kappa shape index (κ3) is 3.00. The third-order valence-corrected chi connectivity index (χ3v) is 4.25. The van der Waals surface area contributed by atoms with E-state index >= 15 is 0 Å². The van der Waals surface area contributed by atoms with Gasteiger partial charge in [-0.3, -0.25) is 4.68 Å². The molecule has 0 aliphatic rings. The van der Waals surface area contributed by atoms with E-state index < -0.39 is 0 Å². The number of thioether (sulfide) groups is 1. The number of nitrogens with zero attached hydrogens (tertiary/aromatic N) is 2. The van der Waals surface area contributed by atoms with E-state index in [2.05, 4.69) is 18.1 Å². The number of nitrogens with two attached hydrogens (primary N) is 1. The maximum Gasteiger partial charge on any atom is 0.0625 e. The molecule has 2 aromatic rings. The summed E-state index contributed by atoms with van der Waals surface area (Å²) in [6.07, 6.45) is 0.956. The highest BCUT2D eigenvalue weighted by Crippen LogP contribution is 2.31. The van der Waals surface area contributed by atoms with Crippen molar-refractivity contribution in [1.82, 2.24) is 9.78 Å². The fraction of sp³-hybridized carbons (Fsp3) is 0.308. The van der Waals surface area contributed by atoms with Crippen LogP contribution in [0.4, 0.5) is 5.69 Å². The Morgan fingerprint density at radius 3 is 2.83 bits per heavy atom. The molecule has 0 bridgehead atoms. The molecule has 0 saturated carbocycles. The molecule has 0 amide bonds. The van der Waals surface area contributed by atoms with Gasteiger partial charge in [-0.15, -0.1) is 11.8 Å². The molecule has 1 aromatic carbocycles. The predicted molar refractivity (Wildman–Crippen MR) is 78.0 cm³/mol. The van der Waals surface area contributed by atoms with Crippen molar-refractivity contribution < 1.29 is 0 Å². The minimum absolute atomic E-state index is 0.737. The van der Waals surface area contributed by atoms with Crippen molar-refractivity contribution in [2.75, 3.05) is 5.73 Å². The highest BCUT2D eigenvalue weighted by atomic mass is 35.5. The summed E-state index contributed by atoms with van der Waals surface area (Å²) < 4.78 is 1.92. The first kappa shape index (κ1) is 13.3. The average molecular weight is 282 g/mol. The minimum Gasteiger partial charge on any atom is -0.399 e. The van der Waals surface area contributed by atoms with E-state index in [9.17, 15) is 0 Å². The molecule has 0 spiro atoms. The lowest BCUT2D eigenvalue weighted by Crippen LogP contribution is -1.96. The number of hydrogen-bond donors (Lipinski definition) is 1. The van der Waals surface area contributed by atoms with Gasteiger partial charge in [-0.05, 0) is 30.7 Å². The molecule has 0 fully saturated rings. The molecule has 0 aliphatic heterocycles. The van der Waals surface area contributed by atoms with Crippen LogP contribution < -0.4 is 5.73 Å². The second-order valence-corrected chi connectivity index (χ2v) is 5.51. The van der Waals surface area contributed by atoms with Crippen molar-refractivity contribution in [3.05, 3.63) is 40.7 Å². The van der Waals surface area contributed by atoms with E-state index in [1.54, 1.807) is 11.8 Å². The van der Waals surface area contributed by atoms with Crippen LogP contribution >= 0.6 is 23.4 Å². The quantitative estimate of drug-likeness (QED) is 0.689. The van der Waals surface area contributed by atoms with Gasteiger partial charge in [0.2, 0.25) is 0 Å². The van der Waals surface area contributed by atoms with E-state index in [-0.39, 0.29) is 0 Å². The molecule has 2 rings (SSSR count). The van der Waals surface area contributed by atoms with E-state index in [0.717, 1.165) is 33.5 Å². The van der Waals surface area contributed by atoms with Crippen LogP contribution in [0.5, 0.6) is 0 Å². The lowest BCUT2D eigenvalue weighted by Gasteiger charge is -2.05. The highest BCUT2D eigenvalue weighted by molar-refractivity contribution is 7.98. The summed E-state index contributed by atoms with van der Waals surface area (Å²) >= 11 is 7.82. The van der Waals surface area contributed by atoms with E-state index in [1.165, 1.54) is 5.69 Å². The van der Waals surface area contributed by atoms with Crippen LogP contribution in [0.3, 0.4) is 0 Å². The van der Waals surface area contributed by atoms with E-state index in [4.69, 9.17) is 17.3 Å². The molecule has 2 N–H and O–H groups in total. The maximum absolute atomic E-state index is 6.14. The molecule has 3 nitrogen and oxygen atoms in total. The van der Waals surface area contributed by atoms with Crippen molar-refractivity contribution in [3.8, 4) is 0 Å². The van der Waals surface area contributed by atoms with Crippen LogP contribution in [-0.2, 0) is 19.2 Å². The zero-order chi connectivity index (χ0) is 13.1. The Morgan fingerprint density at radius 2 is 2.17 bits per heavy atom. The Bertz CT molecular complexity index is 551. The number of aromatic nitrogens is 2. The van der Waals surface area contributed by atoms with Gasteiger partial charge in [0.05, 0.1) is 10.7 Å². The first-order chi connectivity index (χ1) is 8.60. The number of anilines is 1. The van der Waals surface area contributed by atoms with Crippen LogP contribution in [0.1, 0.15) is 18.3 Å². The summed E-state index contributed by atoms with van der Waals surface area (Å²) in [5.74, 6) is 0.840. The fourth-order valence-corrected chi connectivity index (χ4v) is 2.94. The maximum atomic E-state index is 6.14. The molecule has 0 radical (unpaired) electrons. The monoisotopic (exact) mass is 281 g/mol. The molecule has 96 valence electrons. The minimum atomic E-state index is 0.737. The van der Waals surface area contributed by atoms with Crippen molar-refractivity contribution in [2.24, 2.45) is 7.05 Å². The Kier molecular flexibility index (Phi) is 4.19. The predicted octanol–water partition coefficient (Wildman–Crippen LogP) is 3.51. The van der Waals surface area contributed by atoms with Crippen molar-refractivity contribution in [2.45, 2.75) is 24.0 Å². The zero-order valence-electron chi connectivity index (χ0n) is 10.5. The lowest BCUT2D eigenvalue weighted by molar-refractivity contribution is 0.720. The highest BCUT2D eigenvalue weighted by Gasteiger charge is 2.07. The summed E-state index contributed by atoms with van der Waals surface area (Å²) in [6.45, 7) is 2.11. The number of benzene rings is 1.